The molecule has 3 aromatic carbocycles. The fourth-order valence-electron chi connectivity index (χ4n) is 6.16. The molecule has 2 saturated heterocycles. The maximum atomic E-state index is 12.9. The first kappa shape index (κ1) is 31.4. The summed E-state index contributed by atoms with van der Waals surface area (Å²) in [7, 11) is 0. The molecule has 2 fully saturated rings. The summed E-state index contributed by atoms with van der Waals surface area (Å²) >= 11 is 0. The zero-order valence-corrected chi connectivity index (χ0v) is 27.1. The Morgan fingerprint density at radius 3 is 2.12 bits per heavy atom. The lowest BCUT2D eigenvalue weighted by atomic mass is 9.98. The van der Waals surface area contributed by atoms with Crippen molar-refractivity contribution in [3.05, 3.63) is 84.7 Å². The van der Waals surface area contributed by atoms with Crippen LogP contribution in [-0.4, -0.2) is 92.1 Å². The Hall–Kier alpha value is -5.20. The zero-order valence-electron chi connectivity index (χ0n) is 27.1. The monoisotopic (exact) mass is 650 g/mol. The third-order valence-electron chi connectivity index (χ3n) is 8.62. The molecule has 0 aliphatic carbocycles. The van der Waals surface area contributed by atoms with E-state index in [-0.39, 0.29) is 18.7 Å². The normalized spacial score (nSPS) is 18.6. The minimum Gasteiger partial charge on any atom is -0.465 e. The standard InChI is InChI=1S/C36H38N6O6/c1-36(2,3)48-35(45)42-13-15-47-21-31(42)33-38-19-29(40-33)27-11-10-25-16-24(8-9-26(25)17-27)22-4-6-23(7-5-22)28-18-37-32(39-28)30-20-46-14-12-41(30)34(43)44/h4-11,16-19,30-31H,12-15,20-21H2,1-3H3,(H,37,39)(H,38,40)(H,43,44). The van der Waals surface area contributed by atoms with Crippen molar-refractivity contribution < 1.29 is 28.9 Å². The van der Waals surface area contributed by atoms with Crippen LogP contribution >= 0.6 is 0 Å². The minimum atomic E-state index is -0.981. The smallest absolute Gasteiger partial charge is 0.411 e. The number of amides is 2. The van der Waals surface area contributed by atoms with E-state index in [4.69, 9.17) is 19.2 Å². The lowest BCUT2D eigenvalue weighted by molar-refractivity contribution is -0.0349. The van der Waals surface area contributed by atoms with E-state index in [0.29, 0.717) is 44.6 Å². The van der Waals surface area contributed by atoms with Crippen LogP contribution in [0.3, 0.4) is 0 Å². The van der Waals surface area contributed by atoms with Gasteiger partial charge in [0.15, 0.2) is 0 Å². The molecule has 2 amide bonds. The molecule has 248 valence electrons. The van der Waals surface area contributed by atoms with Gasteiger partial charge in [-0.2, -0.15) is 0 Å². The fraction of sp³-hybridized carbons (Fsp3) is 0.333. The highest BCUT2D eigenvalue weighted by molar-refractivity contribution is 5.90. The predicted molar refractivity (Wildman–Crippen MR) is 179 cm³/mol. The molecule has 2 atom stereocenters. The maximum absolute atomic E-state index is 12.9. The van der Waals surface area contributed by atoms with Crippen LogP contribution in [-0.2, 0) is 14.2 Å². The van der Waals surface area contributed by atoms with E-state index in [0.717, 1.165) is 44.4 Å². The molecule has 2 aromatic heterocycles. The summed E-state index contributed by atoms with van der Waals surface area (Å²) in [5.41, 5.74) is 5.09. The van der Waals surface area contributed by atoms with Crippen molar-refractivity contribution in [2.45, 2.75) is 38.5 Å². The Bertz CT molecular complexity index is 1940. The molecule has 0 radical (unpaired) electrons. The number of morpholine rings is 2. The van der Waals surface area contributed by atoms with E-state index in [9.17, 15) is 14.7 Å². The first-order chi connectivity index (χ1) is 23.1. The molecular formula is C36H38N6O6. The van der Waals surface area contributed by atoms with Crippen molar-refractivity contribution in [2.75, 3.05) is 39.5 Å². The number of carbonyl (C=O) groups is 2. The molecule has 2 unspecified atom stereocenters. The number of fused-ring (bicyclic) bond motifs is 1. The zero-order chi connectivity index (χ0) is 33.4. The molecule has 0 saturated carbocycles. The Labute approximate surface area is 277 Å². The first-order valence-corrected chi connectivity index (χ1v) is 16.0. The second-order valence-electron chi connectivity index (χ2n) is 13.0. The van der Waals surface area contributed by atoms with Crippen LogP contribution in [0.4, 0.5) is 9.59 Å². The Morgan fingerprint density at radius 1 is 0.833 bits per heavy atom. The average Bonchev–Trinajstić information content (AvgIpc) is 3.78. The number of H-pyrrole nitrogens is 2. The number of nitrogens with one attached hydrogen (secondary N) is 2. The number of nitrogens with zero attached hydrogens (tertiary/aromatic N) is 4. The number of ether oxygens (including phenoxy) is 3. The molecule has 7 rings (SSSR count). The number of hydrogen-bond donors (Lipinski definition) is 3. The lowest BCUT2D eigenvalue weighted by Gasteiger charge is -2.35. The SMILES string of the molecule is CC(C)(C)OC(=O)N1CCOCC1c1nc(-c2ccc3cc(-c4ccc(-c5cnc(C6COCCN6C(=O)O)[nH]5)cc4)ccc3c2)c[nH]1. The largest absolute Gasteiger partial charge is 0.465 e. The molecule has 4 heterocycles. The van der Waals surface area contributed by atoms with Gasteiger partial charge in [-0.05, 0) is 60.4 Å². The van der Waals surface area contributed by atoms with Gasteiger partial charge >= 0.3 is 12.2 Å². The maximum Gasteiger partial charge on any atom is 0.411 e. The summed E-state index contributed by atoms with van der Waals surface area (Å²) in [5.74, 6) is 1.23. The van der Waals surface area contributed by atoms with Crippen molar-refractivity contribution in [1.29, 1.82) is 0 Å². The van der Waals surface area contributed by atoms with Crippen LogP contribution in [0.1, 0.15) is 44.5 Å². The summed E-state index contributed by atoms with van der Waals surface area (Å²) in [6.45, 7) is 7.77. The van der Waals surface area contributed by atoms with Crippen molar-refractivity contribution in [3.8, 4) is 33.6 Å². The van der Waals surface area contributed by atoms with Gasteiger partial charge in [0.25, 0.3) is 0 Å². The Balaban J connectivity index is 1.06. The molecule has 0 bridgehead atoms. The Morgan fingerprint density at radius 2 is 1.44 bits per heavy atom. The number of benzene rings is 3. The second kappa shape index (κ2) is 12.8. The van der Waals surface area contributed by atoms with Crippen LogP contribution in [0.5, 0.6) is 0 Å². The van der Waals surface area contributed by atoms with E-state index < -0.39 is 17.7 Å². The molecule has 12 nitrogen and oxygen atoms in total. The summed E-state index contributed by atoms with van der Waals surface area (Å²) in [5, 5.41) is 11.8. The highest BCUT2D eigenvalue weighted by Crippen LogP contribution is 2.32. The topological polar surface area (TPSA) is 146 Å². The molecule has 2 aliphatic heterocycles. The van der Waals surface area contributed by atoms with Gasteiger partial charge in [-0.25, -0.2) is 19.6 Å². The van der Waals surface area contributed by atoms with Crippen LogP contribution < -0.4 is 0 Å². The van der Waals surface area contributed by atoms with Gasteiger partial charge in [-0.3, -0.25) is 9.80 Å². The van der Waals surface area contributed by atoms with Crippen molar-refractivity contribution >= 4 is 23.0 Å². The molecule has 5 aromatic rings. The van der Waals surface area contributed by atoms with E-state index >= 15 is 0 Å². The van der Waals surface area contributed by atoms with Gasteiger partial charge in [0, 0.05) is 24.8 Å². The van der Waals surface area contributed by atoms with Crippen molar-refractivity contribution in [2.24, 2.45) is 0 Å². The van der Waals surface area contributed by atoms with Gasteiger partial charge in [-0.1, -0.05) is 48.5 Å². The number of rotatable bonds is 5. The van der Waals surface area contributed by atoms with E-state index in [1.165, 1.54) is 4.90 Å². The average molecular weight is 651 g/mol. The fourth-order valence-corrected chi connectivity index (χ4v) is 6.16. The highest BCUT2D eigenvalue weighted by atomic mass is 16.6. The number of aromatic nitrogens is 4. The highest BCUT2D eigenvalue weighted by Gasteiger charge is 2.34. The van der Waals surface area contributed by atoms with Gasteiger partial charge in [0.2, 0.25) is 0 Å². The number of carboxylic acid groups (broad SMARTS) is 1. The molecule has 12 heteroatoms. The van der Waals surface area contributed by atoms with E-state index in [1.807, 2.05) is 39.1 Å². The number of hydrogen-bond acceptors (Lipinski definition) is 7. The van der Waals surface area contributed by atoms with E-state index in [2.05, 4.69) is 63.5 Å². The number of imidazole rings is 2. The predicted octanol–water partition coefficient (Wildman–Crippen LogP) is 6.65. The van der Waals surface area contributed by atoms with Gasteiger partial charge < -0.3 is 29.3 Å². The lowest BCUT2D eigenvalue weighted by Crippen LogP contribution is -2.46. The van der Waals surface area contributed by atoms with Crippen LogP contribution in [0.15, 0.2) is 73.1 Å². The first-order valence-electron chi connectivity index (χ1n) is 16.0. The summed E-state index contributed by atoms with van der Waals surface area (Å²) in [4.78, 5) is 43.5. The molecule has 48 heavy (non-hydrogen) atoms. The molecular weight excluding hydrogens is 612 g/mol. The summed E-state index contributed by atoms with van der Waals surface area (Å²) in [6, 6.07) is 20.0. The Kier molecular flexibility index (Phi) is 8.36. The van der Waals surface area contributed by atoms with Gasteiger partial charge in [0.1, 0.15) is 29.3 Å². The van der Waals surface area contributed by atoms with Crippen LogP contribution in [0.2, 0.25) is 0 Å². The van der Waals surface area contributed by atoms with Crippen molar-refractivity contribution in [1.82, 2.24) is 29.7 Å². The third-order valence-corrected chi connectivity index (χ3v) is 8.62. The minimum absolute atomic E-state index is 0.273. The van der Waals surface area contributed by atoms with Crippen LogP contribution in [0, 0.1) is 0 Å². The quantitative estimate of drug-likeness (QED) is 0.192. The van der Waals surface area contributed by atoms with Gasteiger partial charge in [-0.15, -0.1) is 0 Å². The number of aromatic amines is 2. The van der Waals surface area contributed by atoms with Gasteiger partial charge in [0.05, 0.1) is 44.0 Å². The summed E-state index contributed by atoms with van der Waals surface area (Å²) < 4.78 is 16.8. The third kappa shape index (κ3) is 6.49. The van der Waals surface area contributed by atoms with Crippen LogP contribution in [0.25, 0.3) is 44.4 Å². The summed E-state index contributed by atoms with van der Waals surface area (Å²) in [6.07, 6.45) is 2.24. The molecule has 0 spiro atoms. The molecule has 3 N–H and O–H groups in total. The number of carbonyl (C=O) groups excluding carboxylic acids is 1. The van der Waals surface area contributed by atoms with Crippen molar-refractivity contribution in [3.63, 3.8) is 0 Å². The van der Waals surface area contributed by atoms with E-state index in [1.54, 1.807) is 11.1 Å². The second-order valence-corrected chi connectivity index (χ2v) is 13.0. The molecule has 2 aliphatic rings.